The van der Waals surface area contributed by atoms with Crippen LogP contribution in [0, 0.1) is 0 Å². The highest BCUT2D eigenvalue weighted by molar-refractivity contribution is 6.39. The Morgan fingerprint density at radius 2 is 1.68 bits per heavy atom. The van der Waals surface area contributed by atoms with E-state index in [1.165, 1.54) is 30.3 Å². The number of hydrogen-bond acceptors (Lipinski definition) is 8. The summed E-state index contributed by atoms with van der Waals surface area (Å²) in [5.74, 6) is -1.72. The minimum atomic E-state index is -1.28. The number of aromatic nitrogens is 3. The molecule has 11 nitrogen and oxygen atoms in total. The highest BCUT2D eigenvalue weighted by Gasteiger charge is 2.26. The van der Waals surface area contributed by atoms with E-state index in [0.717, 1.165) is 0 Å². The molecule has 1 atom stereocenters. The number of halogens is 2. The number of aliphatic carboxylic acids is 1. The fraction of sp³-hybridized carbons (Fsp3) is 0.393. The predicted molar refractivity (Wildman–Crippen MR) is 156 cm³/mol. The lowest BCUT2D eigenvalue weighted by atomic mass is 10.0. The van der Waals surface area contributed by atoms with Crippen LogP contribution < -0.4 is 21.3 Å². The maximum absolute atomic E-state index is 13.1. The lowest BCUT2D eigenvalue weighted by molar-refractivity contribution is -0.139. The normalized spacial score (nSPS) is 12.6. The summed E-state index contributed by atoms with van der Waals surface area (Å²) in [6, 6.07) is 5.42. The van der Waals surface area contributed by atoms with Crippen molar-refractivity contribution >= 4 is 35.1 Å². The van der Waals surface area contributed by atoms with Gasteiger partial charge in [0.15, 0.2) is 5.75 Å². The average Bonchev–Trinajstić information content (AvgIpc) is 2.88. The molecule has 0 bridgehead atoms. The molecule has 2 heterocycles. The van der Waals surface area contributed by atoms with Crippen LogP contribution in [0.5, 0.6) is 5.75 Å². The SMILES string of the molecule is Cn1ncc(OCC(C)(C)OCC(C)(C)N)c(-c2ccc(CC(NC(=O)c3c(Cl)cncc3Cl)C(=O)O)cc2)c1=O. The Kier molecular flexibility index (Phi) is 10.1. The van der Waals surface area contributed by atoms with E-state index < -0.39 is 29.1 Å². The number of benzene rings is 1. The van der Waals surface area contributed by atoms with Crippen molar-refractivity contribution in [3.63, 3.8) is 0 Å². The van der Waals surface area contributed by atoms with Gasteiger partial charge in [0.05, 0.1) is 39.6 Å². The molecule has 0 saturated heterocycles. The summed E-state index contributed by atoms with van der Waals surface area (Å²) in [5.41, 5.74) is 5.79. The van der Waals surface area contributed by atoms with Crippen LogP contribution in [0.3, 0.4) is 0 Å². The highest BCUT2D eigenvalue weighted by atomic mass is 35.5. The summed E-state index contributed by atoms with van der Waals surface area (Å²) in [5, 5.41) is 16.3. The molecular formula is C28H33Cl2N5O6. The molecule has 13 heteroatoms. The number of ether oxygens (including phenoxy) is 2. The number of carbonyl (C=O) groups is 2. The highest BCUT2D eigenvalue weighted by Crippen LogP contribution is 2.28. The van der Waals surface area contributed by atoms with Gasteiger partial charge in [-0.25, -0.2) is 9.48 Å². The van der Waals surface area contributed by atoms with Crippen LogP contribution in [-0.4, -0.2) is 62.1 Å². The number of carboxylic acids is 1. The first-order chi connectivity index (χ1) is 19.1. The van der Waals surface area contributed by atoms with E-state index in [2.05, 4.69) is 15.4 Å². The zero-order valence-corrected chi connectivity index (χ0v) is 24.9. The standard InChI is InChI=1S/C28H33Cl2N5O6/c1-27(2,31)14-41-28(3,4)15-40-21-13-33-35(5)25(37)22(21)17-8-6-16(7-9-17)10-20(26(38)39)34-24(36)23-18(29)11-32-12-19(23)30/h6-9,11-13,20H,10,14-15,31H2,1-5H3,(H,34,36)(H,38,39). The zero-order valence-electron chi connectivity index (χ0n) is 23.4. The van der Waals surface area contributed by atoms with Gasteiger partial charge in [0.25, 0.3) is 11.5 Å². The summed E-state index contributed by atoms with van der Waals surface area (Å²) in [6.07, 6.45) is 3.90. The van der Waals surface area contributed by atoms with Crippen molar-refractivity contribution < 1.29 is 24.2 Å². The number of hydrogen-bond donors (Lipinski definition) is 3. The molecule has 0 spiro atoms. The number of carbonyl (C=O) groups excluding carboxylic acids is 1. The molecule has 41 heavy (non-hydrogen) atoms. The molecule has 0 aliphatic rings. The first-order valence-electron chi connectivity index (χ1n) is 12.6. The van der Waals surface area contributed by atoms with Crippen LogP contribution in [-0.2, 0) is 23.0 Å². The number of amides is 1. The molecule has 4 N–H and O–H groups in total. The Balaban J connectivity index is 1.80. The van der Waals surface area contributed by atoms with Crippen LogP contribution in [0.1, 0.15) is 43.6 Å². The average molecular weight is 607 g/mol. The molecule has 3 rings (SSSR count). The third kappa shape index (κ3) is 8.74. The summed E-state index contributed by atoms with van der Waals surface area (Å²) in [6.45, 7) is 7.87. The predicted octanol–water partition coefficient (Wildman–Crippen LogP) is 3.49. The second-order valence-electron chi connectivity index (χ2n) is 10.9. The number of nitrogens with zero attached hydrogens (tertiary/aromatic N) is 3. The maximum Gasteiger partial charge on any atom is 0.326 e. The molecule has 3 aromatic rings. The third-order valence-corrected chi connectivity index (χ3v) is 6.45. The maximum atomic E-state index is 13.1. The minimum Gasteiger partial charge on any atom is -0.488 e. The molecule has 0 radical (unpaired) electrons. The van der Waals surface area contributed by atoms with Crippen LogP contribution in [0.25, 0.3) is 11.1 Å². The molecule has 1 unspecified atom stereocenters. The number of aryl methyl sites for hydroxylation is 1. The molecule has 2 aromatic heterocycles. The monoisotopic (exact) mass is 605 g/mol. The molecule has 1 amide bonds. The molecule has 0 fully saturated rings. The van der Waals surface area contributed by atoms with Gasteiger partial charge in [0, 0.05) is 31.4 Å². The Bertz CT molecular complexity index is 1450. The third-order valence-electron chi connectivity index (χ3n) is 5.88. The Hall–Kier alpha value is -3.51. The zero-order chi connectivity index (χ0) is 30.5. The van der Waals surface area contributed by atoms with Crippen LogP contribution >= 0.6 is 23.2 Å². The summed E-state index contributed by atoms with van der Waals surface area (Å²) >= 11 is 12.1. The minimum absolute atomic E-state index is 0.00128. The van der Waals surface area contributed by atoms with Gasteiger partial charge in [-0.2, -0.15) is 5.10 Å². The Morgan fingerprint density at radius 1 is 1.07 bits per heavy atom. The molecule has 1 aromatic carbocycles. The van der Waals surface area contributed by atoms with E-state index in [-0.39, 0.29) is 45.5 Å². The fourth-order valence-corrected chi connectivity index (χ4v) is 4.21. The molecule has 220 valence electrons. The smallest absolute Gasteiger partial charge is 0.326 e. The van der Waals surface area contributed by atoms with Gasteiger partial charge in [-0.15, -0.1) is 0 Å². The second-order valence-corrected chi connectivity index (χ2v) is 11.7. The quantitative estimate of drug-likeness (QED) is 0.281. The number of pyridine rings is 1. The van der Waals surface area contributed by atoms with Gasteiger partial charge in [0.1, 0.15) is 12.6 Å². The van der Waals surface area contributed by atoms with Crippen molar-refractivity contribution in [3.8, 4) is 16.9 Å². The van der Waals surface area contributed by atoms with Crippen molar-refractivity contribution in [2.24, 2.45) is 12.8 Å². The van der Waals surface area contributed by atoms with Gasteiger partial charge < -0.3 is 25.6 Å². The van der Waals surface area contributed by atoms with Gasteiger partial charge >= 0.3 is 5.97 Å². The molecule has 0 aliphatic carbocycles. The topological polar surface area (TPSA) is 159 Å². The summed E-state index contributed by atoms with van der Waals surface area (Å²) in [4.78, 5) is 41.5. The molecular weight excluding hydrogens is 573 g/mol. The van der Waals surface area contributed by atoms with E-state index in [0.29, 0.717) is 17.7 Å². The van der Waals surface area contributed by atoms with E-state index in [4.69, 9.17) is 38.4 Å². The number of rotatable bonds is 12. The first-order valence-corrected chi connectivity index (χ1v) is 13.4. The van der Waals surface area contributed by atoms with Crippen LogP contribution in [0.2, 0.25) is 10.0 Å². The second kappa shape index (κ2) is 13.0. The van der Waals surface area contributed by atoms with Crippen LogP contribution in [0.4, 0.5) is 0 Å². The van der Waals surface area contributed by atoms with Crippen molar-refractivity contribution in [3.05, 3.63) is 74.4 Å². The number of nitrogens with two attached hydrogens (primary N) is 1. The van der Waals surface area contributed by atoms with Crippen molar-refractivity contribution in [1.29, 1.82) is 0 Å². The Labute approximate surface area is 247 Å². The lowest BCUT2D eigenvalue weighted by Crippen LogP contribution is -2.43. The van der Waals surface area contributed by atoms with E-state index >= 15 is 0 Å². The fourth-order valence-electron chi connectivity index (χ4n) is 3.67. The van der Waals surface area contributed by atoms with E-state index in [9.17, 15) is 19.5 Å². The van der Waals surface area contributed by atoms with Crippen LogP contribution in [0.15, 0.2) is 47.7 Å². The summed E-state index contributed by atoms with van der Waals surface area (Å²) in [7, 11) is 1.53. The first kappa shape index (κ1) is 32.0. The van der Waals surface area contributed by atoms with Gasteiger partial charge in [0.2, 0.25) is 0 Å². The van der Waals surface area contributed by atoms with Gasteiger partial charge in [-0.3, -0.25) is 14.6 Å². The number of carboxylic acid groups (broad SMARTS) is 1. The van der Waals surface area contributed by atoms with Gasteiger partial charge in [-0.05, 0) is 38.8 Å². The van der Waals surface area contributed by atoms with Crippen molar-refractivity contribution in [2.45, 2.75) is 51.3 Å². The largest absolute Gasteiger partial charge is 0.488 e. The summed E-state index contributed by atoms with van der Waals surface area (Å²) < 4.78 is 13.1. The Morgan fingerprint density at radius 3 is 2.24 bits per heavy atom. The van der Waals surface area contributed by atoms with Gasteiger partial charge in [-0.1, -0.05) is 47.5 Å². The van der Waals surface area contributed by atoms with E-state index in [1.807, 2.05) is 27.7 Å². The van der Waals surface area contributed by atoms with E-state index in [1.54, 1.807) is 24.3 Å². The number of nitrogens with one attached hydrogen (secondary N) is 1. The molecule has 0 saturated carbocycles. The van der Waals surface area contributed by atoms with Crippen molar-refractivity contribution in [1.82, 2.24) is 20.1 Å². The molecule has 0 aliphatic heterocycles. The lowest BCUT2D eigenvalue weighted by Gasteiger charge is -2.29. The van der Waals surface area contributed by atoms with Crippen molar-refractivity contribution in [2.75, 3.05) is 13.2 Å².